The standard InChI is InChI=1S/C18H35NO/c1-3-4-5-6-9-12-18(2)15-19-14-17(20-18)13-16-10-7-8-11-16/h16-17,19H,3-15H2,1-2H3. The monoisotopic (exact) mass is 281 g/mol. The van der Waals surface area contributed by atoms with Gasteiger partial charge in [-0.15, -0.1) is 0 Å². The van der Waals surface area contributed by atoms with E-state index in [1.54, 1.807) is 0 Å². The molecule has 0 spiro atoms. The van der Waals surface area contributed by atoms with E-state index in [2.05, 4.69) is 19.2 Å². The second kappa shape index (κ2) is 8.38. The number of hydrogen-bond donors (Lipinski definition) is 1. The minimum absolute atomic E-state index is 0.0910. The molecule has 0 aromatic heterocycles. The van der Waals surface area contributed by atoms with Crippen LogP contribution in [0.5, 0.6) is 0 Å². The molecule has 118 valence electrons. The van der Waals surface area contributed by atoms with Crippen molar-refractivity contribution >= 4 is 0 Å². The fourth-order valence-electron chi connectivity index (χ4n) is 3.98. The Bertz CT molecular complexity index is 262. The van der Waals surface area contributed by atoms with Crippen molar-refractivity contribution in [3.05, 3.63) is 0 Å². The average Bonchev–Trinajstić information content (AvgIpc) is 2.91. The van der Waals surface area contributed by atoms with Crippen LogP contribution in [0.2, 0.25) is 0 Å². The normalized spacial score (nSPS) is 31.8. The zero-order valence-corrected chi connectivity index (χ0v) is 13.8. The SMILES string of the molecule is CCCCCCCC1(C)CNCC(CC2CCCC2)O1. The molecule has 1 aliphatic carbocycles. The molecule has 2 aliphatic rings. The Labute approximate surface area is 126 Å². The molecule has 20 heavy (non-hydrogen) atoms. The molecule has 2 heteroatoms. The Morgan fingerprint density at radius 1 is 1.10 bits per heavy atom. The van der Waals surface area contributed by atoms with Gasteiger partial charge in [-0.05, 0) is 25.7 Å². The van der Waals surface area contributed by atoms with E-state index in [0.717, 1.165) is 19.0 Å². The van der Waals surface area contributed by atoms with Crippen molar-refractivity contribution in [3.63, 3.8) is 0 Å². The highest BCUT2D eigenvalue weighted by Gasteiger charge is 2.33. The lowest BCUT2D eigenvalue weighted by Gasteiger charge is -2.40. The van der Waals surface area contributed by atoms with E-state index < -0.39 is 0 Å². The lowest BCUT2D eigenvalue weighted by molar-refractivity contribution is -0.116. The second-order valence-electron chi connectivity index (χ2n) is 7.37. The first-order valence-corrected chi connectivity index (χ1v) is 9.10. The number of morpholine rings is 1. The highest BCUT2D eigenvalue weighted by molar-refractivity contribution is 4.86. The average molecular weight is 281 g/mol. The van der Waals surface area contributed by atoms with Gasteiger partial charge in [-0.1, -0.05) is 64.7 Å². The summed E-state index contributed by atoms with van der Waals surface area (Å²) >= 11 is 0. The van der Waals surface area contributed by atoms with E-state index in [1.165, 1.54) is 70.6 Å². The Morgan fingerprint density at radius 2 is 1.85 bits per heavy atom. The summed E-state index contributed by atoms with van der Waals surface area (Å²) in [6.45, 7) is 6.72. The van der Waals surface area contributed by atoms with Crippen LogP contribution in [0.3, 0.4) is 0 Å². The Hall–Kier alpha value is -0.0800. The first-order chi connectivity index (χ1) is 9.72. The molecule has 1 heterocycles. The molecule has 0 bridgehead atoms. The van der Waals surface area contributed by atoms with Crippen LogP contribution < -0.4 is 5.32 Å². The third-order valence-electron chi connectivity index (χ3n) is 5.20. The van der Waals surface area contributed by atoms with Crippen LogP contribution in [0.1, 0.15) is 84.5 Å². The van der Waals surface area contributed by atoms with Crippen molar-refractivity contribution in [1.29, 1.82) is 0 Å². The summed E-state index contributed by atoms with van der Waals surface area (Å²) in [5, 5.41) is 3.63. The summed E-state index contributed by atoms with van der Waals surface area (Å²) < 4.78 is 6.48. The van der Waals surface area contributed by atoms with E-state index in [1.807, 2.05) is 0 Å². The molecule has 1 N–H and O–H groups in total. The summed E-state index contributed by atoms with van der Waals surface area (Å²) in [5.74, 6) is 0.939. The number of nitrogens with one attached hydrogen (secondary N) is 1. The molecule has 2 nitrogen and oxygen atoms in total. The number of unbranched alkanes of at least 4 members (excludes halogenated alkanes) is 4. The molecule has 2 unspecified atom stereocenters. The van der Waals surface area contributed by atoms with Gasteiger partial charge < -0.3 is 10.1 Å². The lowest BCUT2D eigenvalue weighted by atomic mass is 9.93. The molecular formula is C18H35NO. The summed E-state index contributed by atoms with van der Waals surface area (Å²) in [6, 6.07) is 0. The Kier molecular flexibility index (Phi) is 6.83. The molecule has 1 saturated heterocycles. The fourth-order valence-corrected chi connectivity index (χ4v) is 3.98. The van der Waals surface area contributed by atoms with Crippen LogP contribution >= 0.6 is 0 Å². The maximum absolute atomic E-state index is 6.48. The quantitative estimate of drug-likeness (QED) is 0.653. The number of ether oxygens (including phenoxy) is 1. The molecule has 0 aromatic carbocycles. The van der Waals surface area contributed by atoms with E-state index in [9.17, 15) is 0 Å². The molecule has 2 atom stereocenters. The molecule has 2 fully saturated rings. The summed E-state index contributed by atoms with van der Waals surface area (Å²) in [4.78, 5) is 0. The van der Waals surface area contributed by atoms with Gasteiger partial charge in [-0.2, -0.15) is 0 Å². The van der Waals surface area contributed by atoms with Crippen LogP contribution in [-0.4, -0.2) is 24.8 Å². The van der Waals surface area contributed by atoms with Gasteiger partial charge in [0.2, 0.25) is 0 Å². The smallest absolute Gasteiger partial charge is 0.0782 e. The van der Waals surface area contributed by atoms with Crippen LogP contribution in [0.25, 0.3) is 0 Å². The molecule has 0 aromatic rings. The van der Waals surface area contributed by atoms with Crippen molar-refractivity contribution in [2.75, 3.05) is 13.1 Å². The molecule has 1 aliphatic heterocycles. The predicted molar refractivity (Wildman–Crippen MR) is 86.1 cm³/mol. The summed E-state index contributed by atoms with van der Waals surface area (Å²) in [6.07, 6.45) is 15.6. The highest BCUT2D eigenvalue weighted by atomic mass is 16.5. The Balaban J connectivity index is 1.67. The van der Waals surface area contributed by atoms with Crippen molar-refractivity contribution in [1.82, 2.24) is 5.32 Å². The summed E-state index contributed by atoms with van der Waals surface area (Å²) in [7, 11) is 0. The van der Waals surface area contributed by atoms with Gasteiger partial charge in [-0.25, -0.2) is 0 Å². The van der Waals surface area contributed by atoms with Gasteiger partial charge in [0.15, 0.2) is 0 Å². The fraction of sp³-hybridized carbons (Fsp3) is 1.00. The van der Waals surface area contributed by atoms with Gasteiger partial charge in [0.05, 0.1) is 11.7 Å². The van der Waals surface area contributed by atoms with E-state index in [-0.39, 0.29) is 5.60 Å². The maximum Gasteiger partial charge on any atom is 0.0782 e. The van der Waals surface area contributed by atoms with Crippen molar-refractivity contribution in [3.8, 4) is 0 Å². The van der Waals surface area contributed by atoms with E-state index in [0.29, 0.717) is 6.10 Å². The summed E-state index contributed by atoms with van der Waals surface area (Å²) in [5.41, 5.74) is 0.0910. The van der Waals surface area contributed by atoms with Gasteiger partial charge in [0.25, 0.3) is 0 Å². The van der Waals surface area contributed by atoms with Crippen LogP contribution in [0.15, 0.2) is 0 Å². The second-order valence-corrected chi connectivity index (χ2v) is 7.37. The van der Waals surface area contributed by atoms with Crippen molar-refractivity contribution in [2.45, 2.75) is 96.2 Å². The molecule has 0 radical (unpaired) electrons. The minimum Gasteiger partial charge on any atom is -0.369 e. The Morgan fingerprint density at radius 3 is 2.60 bits per heavy atom. The van der Waals surface area contributed by atoms with Crippen molar-refractivity contribution in [2.24, 2.45) is 5.92 Å². The third kappa shape index (κ3) is 5.37. The first-order valence-electron chi connectivity index (χ1n) is 9.10. The van der Waals surface area contributed by atoms with Gasteiger partial charge >= 0.3 is 0 Å². The van der Waals surface area contributed by atoms with Crippen molar-refractivity contribution < 1.29 is 4.74 Å². The first kappa shape index (κ1) is 16.3. The molecular weight excluding hydrogens is 246 g/mol. The van der Waals surface area contributed by atoms with Crippen LogP contribution in [0, 0.1) is 5.92 Å². The predicted octanol–water partition coefficient (Wildman–Crippen LogP) is 4.67. The third-order valence-corrected chi connectivity index (χ3v) is 5.20. The van der Waals surface area contributed by atoms with E-state index in [4.69, 9.17) is 4.74 Å². The number of hydrogen-bond acceptors (Lipinski definition) is 2. The molecule has 1 saturated carbocycles. The van der Waals surface area contributed by atoms with Gasteiger partial charge in [0, 0.05) is 13.1 Å². The number of rotatable bonds is 8. The zero-order chi connectivity index (χ0) is 14.3. The minimum atomic E-state index is 0.0910. The molecule has 0 amide bonds. The zero-order valence-electron chi connectivity index (χ0n) is 13.8. The topological polar surface area (TPSA) is 21.3 Å². The maximum atomic E-state index is 6.48. The van der Waals surface area contributed by atoms with Gasteiger partial charge in [0.1, 0.15) is 0 Å². The van der Waals surface area contributed by atoms with Crippen LogP contribution in [-0.2, 0) is 4.74 Å². The van der Waals surface area contributed by atoms with Crippen LogP contribution in [0.4, 0.5) is 0 Å². The lowest BCUT2D eigenvalue weighted by Crippen LogP contribution is -2.52. The van der Waals surface area contributed by atoms with E-state index >= 15 is 0 Å². The highest BCUT2D eigenvalue weighted by Crippen LogP contribution is 2.32. The van der Waals surface area contributed by atoms with Gasteiger partial charge in [-0.3, -0.25) is 0 Å². The largest absolute Gasteiger partial charge is 0.369 e. The molecule has 2 rings (SSSR count).